The average molecular weight is 716 g/mol. The molecule has 9 heteroatoms. The zero-order valence-corrected chi connectivity index (χ0v) is 30.5. The fraction of sp³-hybridized carbons (Fsp3) is 0.214. The van der Waals surface area contributed by atoms with E-state index in [9.17, 15) is 9.90 Å². The minimum atomic E-state index is -2.22. The molecule has 6 aromatic rings. The van der Waals surface area contributed by atoms with Crippen molar-refractivity contribution in [3.63, 3.8) is 0 Å². The van der Waals surface area contributed by atoms with Gasteiger partial charge in [-0.2, -0.15) is 5.26 Å². The zero-order valence-electron chi connectivity index (χ0n) is 28.7. The Bertz CT molecular complexity index is 2000. The molecule has 1 heterocycles. The predicted molar refractivity (Wildman–Crippen MR) is 210 cm³/mol. The molecule has 0 fully saturated rings. The number of benzene rings is 5. The van der Waals surface area contributed by atoms with Crippen LogP contribution >= 0.6 is 18.6 Å². The van der Waals surface area contributed by atoms with Crippen molar-refractivity contribution >= 4 is 50.6 Å². The summed E-state index contributed by atoms with van der Waals surface area (Å²) in [5.41, 5.74) is 1.30. The number of fused-ring (bicyclic) bond motifs is 1. The predicted octanol–water partition coefficient (Wildman–Crippen LogP) is 8.01. The van der Waals surface area contributed by atoms with Gasteiger partial charge in [0.1, 0.15) is 17.6 Å². The van der Waals surface area contributed by atoms with Crippen molar-refractivity contribution in [3.05, 3.63) is 132 Å². The number of thiazole rings is 1. The van der Waals surface area contributed by atoms with Crippen LogP contribution < -0.4 is 30.7 Å². The molecule has 0 aliphatic heterocycles. The first-order valence-electron chi connectivity index (χ1n) is 17.3. The molecule has 0 unspecified atom stereocenters. The van der Waals surface area contributed by atoms with E-state index in [1.165, 1.54) is 34.4 Å². The van der Waals surface area contributed by atoms with Crippen LogP contribution in [0.15, 0.2) is 121 Å². The van der Waals surface area contributed by atoms with E-state index in [0.29, 0.717) is 35.0 Å². The Morgan fingerprint density at radius 3 is 2.06 bits per heavy atom. The van der Waals surface area contributed by atoms with Crippen molar-refractivity contribution in [3.8, 4) is 29.1 Å². The van der Waals surface area contributed by atoms with Gasteiger partial charge in [-0.15, -0.1) is 11.3 Å². The number of nitrogens with zero attached hydrogens (tertiary/aromatic N) is 2. The Kier molecular flexibility index (Phi) is 12.0. The molecule has 51 heavy (non-hydrogen) atoms. The molecular formula is C42H42N3O4PS. The van der Waals surface area contributed by atoms with Crippen LogP contribution in [0, 0.1) is 11.3 Å². The number of aromatic hydroxyl groups is 1. The van der Waals surface area contributed by atoms with Crippen LogP contribution in [0.3, 0.4) is 0 Å². The Labute approximate surface area is 303 Å². The maximum absolute atomic E-state index is 12.8. The van der Waals surface area contributed by atoms with E-state index in [1.54, 1.807) is 24.3 Å². The molecule has 0 saturated carbocycles. The molecule has 0 radical (unpaired) electrons. The van der Waals surface area contributed by atoms with Crippen molar-refractivity contribution in [1.29, 1.82) is 5.26 Å². The molecule has 0 spiro atoms. The fourth-order valence-corrected chi connectivity index (χ4v) is 12.5. The smallest absolute Gasteiger partial charge is 0.504 e. The van der Waals surface area contributed by atoms with E-state index in [1.807, 2.05) is 6.07 Å². The number of phenols is 1. The molecule has 6 rings (SSSR count). The van der Waals surface area contributed by atoms with E-state index in [4.69, 9.17) is 14.7 Å². The molecule has 260 valence electrons. The normalized spacial score (nSPS) is 11.5. The molecule has 7 nitrogen and oxygen atoms in total. The summed E-state index contributed by atoms with van der Waals surface area (Å²) < 4.78 is 12.3. The fourth-order valence-electron chi connectivity index (χ4n) is 6.73. The van der Waals surface area contributed by atoms with Gasteiger partial charge in [0.25, 0.3) is 0 Å². The molecule has 0 atom stereocenters. The molecule has 2 N–H and O–H groups in total. The zero-order chi connectivity index (χ0) is 35.5. The Morgan fingerprint density at radius 2 is 1.45 bits per heavy atom. The summed E-state index contributed by atoms with van der Waals surface area (Å²) in [6.45, 7) is 0.615. The van der Waals surface area contributed by atoms with Gasteiger partial charge in [0, 0.05) is 12.1 Å². The number of rotatable bonds is 16. The summed E-state index contributed by atoms with van der Waals surface area (Å²) in [7, 11) is -0.742. The van der Waals surface area contributed by atoms with Crippen molar-refractivity contribution in [2.45, 2.75) is 38.5 Å². The number of aromatic nitrogens is 1. The Morgan fingerprint density at radius 1 is 0.824 bits per heavy atom. The molecular weight excluding hydrogens is 674 g/mol. The monoisotopic (exact) mass is 715 g/mol. The van der Waals surface area contributed by atoms with E-state index in [-0.39, 0.29) is 23.8 Å². The number of nitrogens with one attached hydrogen (secondary N) is 1. The van der Waals surface area contributed by atoms with E-state index in [2.05, 4.69) is 107 Å². The van der Waals surface area contributed by atoms with Crippen molar-refractivity contribution in [2.75, 3.05) is 19.8 Å². The number of unbranched alkanes of at least 4 members (excludes halogenated alkanes) is 3. The summed E-state index contributed by atoms with van der Waals surface area (Å²) >= 11 is 1.30. The summed E-state index contributed by atoms with van der Waals surface area (Å²) in [6.07, 6.45) is 5.81. The third-order valence-corrected chi connectivity index (χ3v) is 15.2. The van der Waals surface area contributed by atoms with Gasteiger partial charge in [-0.25, -0.2) is 4.98 Å². The minimum Gasteiger partial charge on any atom is -0.504 e. The average Bonchev–Trinajstić information content (AvgIpc) is 3.60. The number of hydrogen-bond acceptors (Lipinski definition) is 7. The number of hydrogen-bond donors (Lipinski definition) is 2. The second-order valence-corrected chi connectivity index (χ2v) is 17.6. The van der Waals surface area contributed by atoms with Crippen LogP contribution in [0.1, 0.15) is 42.7 Å². The quantitative estimate of drug-likeness (QED) is 0.0778. The minimum absolute atomic E-state index is 0.00430. The van der Waals surface area contributed by atoms with Crippen molar-refractivity contribution < 1.29 is 19.4 Å². The van der Waals surface area contributed by atoms with E-state index >= 15 is 0 Å². The van der Waals surface area contributed by atoms with Crippen LogP contribution in [0.5, 0.6) is 23.0 Å². The first-order valence-corrected chi connectivity index (χ1v) is 20.3. The third kappa shape index (κ3) is 8.57. The molecule has 5 aromatic carbocycles. The number of carbonyl (C=O) groups excluding carboxylic acids is 1. The molecule has 1 aromatic heterocycles. The molecule has 0 bridgehead atoms. The van der Waals surface area contributed by atoms with Gasteiger partial charge in [-0.05, 0) is 12.1 Å². The summed E-state index contributed by atoms with van der Waals surface area (Å²) in [5.74, 6) is 1.25. The van der Waals surface area contributed by atoms with E-state index in [0.717, 1.165) is 42.1 Å². The van der Waals surface area contributed by atoms with Crippen LogP contribution in [-0.4, -0.2) is 35.8 Å². The second kappa shape index (κ2) is 17.1. The number of amides is 1. The van der Waals surface area contributed by atoms with Crippen LogP contribution in [-0.2, 0) is 11.2 Å². The SMILES string of the molecule is COc1cc(Oc2ccc3nc(C#N)sc3c2)cc(CCC(=O)NCCCCCC[PH](c2ccccc2)(c2ccccc2)c2ccccc2)c1O. The first-order chi connectivity index (χ1) is 25.0. The summed E-state index contributed by atoms with van der Waals surface area (Å²) in [6, 6.07) is 43.9. The van der Waals surface area contributed by atoms with Gasteiger partial charge in [-0.3, -0.25) is 0 Å². The topological polar surface area (TPSA) is 104 Å². The van der Waals surface area contributed by atoms with Crippen LogP contribution in [0.25, 0.3) is 10.2 Å². The van der Waals surface area contributed by atoms with Gasteiger partial charge in [0.05, 0.1) is 17.3 Å². The number of methoxy groups -OCH3 is 1. The van der Waals surface area contributed by atoms with Crippen LogP contribution in [0.2, 0.25) is 0 Å². The number of nitriles is 1. The first kappa shape index (κ1) is 35.6. The molecule has 0 aliphatic rings. The number of phenolic OH excluding ortho intramolecular Hbond substituents is 1. The van der Waals surface area contributed by atoms with Crippen molar-refractivity contribution in [2.24, 2.45) is 0 Å². The summed E-state index contributed by atoms with van der Waals surface area (Å²) in [5, 5.41) is 27.7. The Hall–Kier alpha value is -5.22. The van der Waals surface area contributed by atoms with Gasteiger partial charge < -0.3 is 14.6 Å². The molecule has 0 saturated heterocycles. The number of ether oxygens (including phenoxy) is 2. The second-order valence-electron chi connectivity index (χ2n) is 12.5. The summed E-state index contributed by atoms with van der Waals surface area (Å²) in [4.78, 5) is 17.1. The van der Waals surface area contributed by atoms with Gasteiger partial charge in [0.2, 0.25) is 0 Å². The van der Waals surface area contributed by atoms with Gasteiger partial charge in [-0.1, -0.05) is 0 Å². The molecule has 0 aliphatic carbocycles. The van der Waals surface area contributed by atoms with Gasteiger partial charge in [0.15, 0.2) is 10.8 Å². The number of aryl methyl sites for hydroxylation is 1. The van der Waals surface area contributed by atoms with Crippen molar-refractivity contribution in [1.82, 2.24) is 10.3 Å². The van der Waals surface area contributed by atoms with E-state index < -0.39 is 7.26 Å². The maximum atomic E-state index is 12.8. The Balaban J connectivity index is 1.01. The van der Waals surface area contributed by atoms with Gasteiger partial charge >= 0.3 is 199 Å². The third-order valence-electron chi connectivity index (χ3n) is 9.26. The molecule has 1 amide bonds. The van der Waals surface area contributed by atoms with Crippen LogP contribution in [0.4, 0.5) is 0 Å². The standard InChI is InChI=1S/C42H42N3O4PS/c1-48-38-28-33(49-32-22-23-37-39(29-32)51-41(30-43)45-37)27-31(42(38)47)21-24-40(46)44-25-13-2-3-14-26-50(34-15-7-4-8-16-34,35-17-9-5-10-18-35)36-19-11-6-12-20-36/h4-12,15-20,22-23,27-29,47,50H,2-3,13-14,21,24-26H2,1H3,(H,44,46). The number of carbonyl (C=O) groups is 1.